The van der Waals surface area contributed by atoms with Crippen LogP contribution in [0.5, 0.6) is 11.5 Å². The third-order valence-electron chi connectivity index (χ3n) is 4.68. The van der Waals surface area contributed by atoms with Crippen molar-refractivity contribution in [2.24, 2.45) is 5.41 Å². The number of hydrogen-bond donors (Lipinski definition) is 2. The Hall–Kier alpha value is -1.61. The largest absolute Gasteiger partial charge is 0.454 e. The zero-order valence-corrected chi connectivity index (χ0v) is 15.2. The number of aliphatic hydroxyl groups is 1. The minimum absolute atomic E-state index is 0. The van der Waals surface area contributed by atoms with Gasteiger partial charge in [-0.25, -0.2) is 0 Å². The van der Waals surface area contributed by atoms with Gasteiger partial charge in [-0.2, -0.15) is 0 Å². The van der Waals surface area contributed by atoms with Crippen LogP contribution in [0.15, 0.2) is 12.1 Å². The van der Waals surface area contributed by atoms with E-state index in [2.05, 4.69) is 10.2 Å². The van der Waals surface area contributed by atoms with Gasteiger partial charge in [0, 0.05) is 44.2 Å². The van der Waals surface area contributed by atoms with Gasteiger partial charge in [0.1, 0.15) is 0 Å². The normalized spacial score (nSPS) is 18.5. The summed E-state index contributed by atoms with van der Waals surface area (Å²) in [6.07, 6.45) is 0. The van der Waals surface area contributed by atoms with Crippen LogP contribution in [0.4, 0.5) is 5.69 Å². The van der Waals surface area contributed by atoms with Crippen molar-refractivity contribution in [2.75, 3.05) is 39.6 Å². The van der Waals surface area contributed by atoms with Gasteiger partial charge in [0.15, 0.2) is 11.5 Å². The molecule has 9 heteroatoms. The van der Waals surface area contributed by atoms with Gasteiger partial charge in [-0.05, 0) is 6.07 Å². The SMILES string of the molecule is CC(C)(CO)[C@@H](c1cc2c(cc1[N+](=O)[O-])OCO2)N1CCNCC1.Cl. The first-order valence-electron chi connectivity index (χ1n) is 8.07. The molecule has 8 nitrogen and oxygen atoms in total. The van der Waals surface area contributed by atoms with E-state index in [-0.39, 0.29) is 42.5 Å². The zero-order chi connectivity index (χ0) is 17.3. The molecule has 0 amide bonds. The molecule has 1 aromatic rings. The first-order chi connectivity index (χ1) is 11.4. The van der Waals surface area contributed by atoms with Gasteiger partial charge in [0.2, 0.25) is 6.79 Å². The van der Waals surface area contributed by atoms with Crippen molar-refractivity contribution in [3.8, 4) is 11.5 Å². The summed E-state index contributed by atoms with van der Waals surface area (Å²) < 4.78 is 10.7. The van der Waals surface area contributed by atoms with Crippen molar-refractivity contribution in [3.63, 3.8) is 0 Å². The molecule has 1 atom stereocenters. The second kappa shape index (κ2) is 7.74. The summed E-state index contributed by atoms with van der Waals surface area (Å²) >= 11 is 0. The van der Waals surface area contributed by atoms with Gasteiger partial charge in [-0.1, -0.05) is 13.8 Å². The molecule has 1 saturated heterocycles. The minimum atomic E-state index is -0.546. The van der Waals surface area contributed by atoms with Crippen molar-refractivity contribution >= 4 is 18.1 Å². The standard InChI is InChI=1S/C16H23N3O5.ClH/c1-16(2,9-20)15(18-5-3-17-4-6-18)11-7-13-14(24-10-23-13)8-12(11)19(21)22;/h7-8,15,17,20H,3-6,9-10H2,1-2H3;1H/t15-;/m1./s1. The molecule has 1 aromatic carbocycles. The number of hydrogen-bond acceptors (Lipinski definition) is 7. The average Bonchev–Trinajstić information content (AvgIpc) is 3.02. The number of nitro groups is 1. The van der Waals surface area contributed by atoms with Crippen LogP contribution in [0, 0.1) is 15.5 Å². The Morgan fingerprint density at radius 2 is 1.92 bits per heavy atom. The molecule has 3 rings (SSSR count). The number of nitrogens with one attached hydrogen (secondary N) is 1. The monoisotopic (exact) mass is 373 g/mol. The molecule has 2 aliphatic rings. The van der Waals surface area contributed by atoms with E-state index in [1.807, 2.05) is 13.8 Å². The number of fused-ring (bicyclic) bond motifs is 1. The van der Waals surface area contributed by atoms with E-state index in [1.54, 1.807) is 6.07 Å². The first-order valence-corrected chi connectivity index (χ1v) is 8.07. The molecular weight excluding hydrogens is 350 g/mol. The van der Waals surface area contributed by atoms with Gasteiger partial charge in [0.05, 0.1) is 16.6 Å². The van der Waals surface area contributed by atoms with Gasteiger partial charge >= 0.3 is 0 Å². The quantitative estimate of drug-likeness (QED) is 0.599. The van der Waals surface area contributed by atoms with Crippen molar-refractivity contribution < 1.29 is 19.5 Å². The fourth-order valence-electron chi connectivity index (χ4n) is 3.46. The third kappa shape index (κ3) is 3.82. The molecule has 2 N–H and O–H groups in total. The van der Waals surface area contributed by atoms with E-state index in [9.17, 15) is 15.2 Å². The maximum absolute atomic E-state index is 11.6. The first kappa shape index (κ1) is 19.7. The van der Waals surface area contributed by atoms with Crippen LogP contribution >= 0.6 is 12.4 Å². The van der Waals surface area contributed by atoms with Gasteiger partial charge in [-0.15, -0.1) is 12.4 Å². The van der Waals surface area contributed by atoms with E-state index in [0.29, 0.717) is 17.1 Å². The Morgan fingerprint density at radius 1 is 1.32 bits per heavy atom. The van der Waals surface area contributed by atoms with Crippen LogP contribution in [-0.4, -0.2) is 54.5 Å². The highest BCUT2D eigenvalue weighted by Crippen LogP contribution is 2.46. The highest BCUT2D eigenvalue weighted by atomic mass is 35.5. The molecule has 1 fully saturated rings. The van der Waals surface area contributed by atoms with Gasteiger partial charge < -0.3 is 19.9 Å². The lowest BCUT2D eigenvalue weighted by Gasteiger charge is -2.43. The number of ether oxygens (including phenoxy) is 2. The van der Waals surface area contributed by atoms with Gasteiger partial charge in [0.25, 0.3) is 5.69 Å². The molecule has 2 aliphatic heterocycles. The molecule has 2 heterocycles. The van der Waals surface area contributed by atoms with Crippen LogP contribution in [0.25, 0.3) is 0 Å². The maximum atomic E-state index is 11.6. The molecule has 0 radical (unpaired) electrons. The van der Waals surface area contributed by atoms with E-state index < -0.39 is 5.41 Å². The second-order valence-corrected chi connectivity index (χ2v) is 6.86. The summed E-state index contributed by atoms with van der Waals surface area (Å²) in [4.78, 5) is 13.4. The smallest absolute Gasteiger partial charge is 0.278 e. The van der Waals surface area contributed by atoms with Crippen molar-refractivity contribution in [3.05, 3.63) is 27.8 Å². The Morgan fingerprint density at radius 3 is 2.48 bits per heavy atom. The van der Waals surface area contributed by atoms with Crippen molar-refractivity contribution in [1.82, 2.24) is 10.2 Å². The van der Waals surface area contributed by atoms with Crippen molar-refractivity contribution in [2.45, 2.75) is 19.9 Å². The molecular formula is C16H24ClN3O5. The molecule has 0 spiro atoms. The van der Waals surface area contributed by atoms with Crippen LogP contribution in [0.2, 0.25) is 0 Å². The predicted molar refractivity (Wildman–Crippen MR) is 94.5 cm³/mol. The van der Waals surface area contributed by atoms with E-state index in [0.717, 1.165) is 26.2 Å². The highest BCUT2D eigenvalue weighted by molar-refractivity contribution is 5.85. The molecule has 25 heavy (non-hydrogen) atoms. The lowest BCUT2D eigenvalue weighted by molar-refractivity contribution is -0.386. The van der Waals surface area contributed by atoms with E-state index >= 15 is 0 Å². The van der Waals surface area contributed by atoms with Crippen LogP contribution < -0.4 is 14.8 Å². The Bertz CT molecular complexity index is 634. The summed E-state index contributed by atoms with van der Waals surface area (Å²) in [6, 6.07) is 2.84. The highest BCUT2D eigenvalue weighted by Gasteiger charge is 2.40. The molecule has 0 aromatic heterocycles. The van der Waals surface area contributed by atoms with Crippen LogP contribution in [0.1, 0.15) is 25.5 Å². The number of nitro benzene ring substituents is 1. The summed E-state index contributed by atoms with van der Waals surface area (Å²) in [6.45, 7) is 7.00. The summed E-state index contributed by atoms with van der Waals surface area (Å²) in [5, 5.41) is 24.8. The minimum Gasteiger partial charge on any atom is -0.454 e. The molecule has 0 unspecified atom stereocenters. The number of aliphatic hydroxyl groups excluding tert-OH is 1. The summed E-state index contributed by atoms with van der Waals surface area (Å²) in [5.41, 5.74) is 0.0185. The zero-order valence-electron chi connectivity index (χ0n) is 14.4. The summed E-state index contributed by atoms with van der Waals surface area (Å²) in [7, 11) is 0. The lowest BCUT2D eigenvalue weighted by atomic mass is 9.79. The third-order valence-corrected chi connectivity index (χ3v) is 4.68. The number of piperazine rings is 1. The van der Waals surface area contributed by atoms with Crippen LogP contribution in [0.3, 0.4) is 0 Å². The topological polar surface area (TPSA) is 97.1 Å². The number of benzene rings is 1. The molecule has 0 aliphatic carbocycles. The Balaban J connectivity index is 0.00000225. The predicted octanol–water partition coefficient (Wildman–Crippen LogP) is 1.71. The second-order valence-electron chi connectivity index (χ2n) is 6.86. The Labute approximate surface area is 152 Å². The molecule has 0 bridgehead atoms. The fourth-order valence-corrected chi connectivity index (χ4v) is 3.46. The van der Waals surface area contributed by atoms with Crippen LogP contribution in [-0.2, 0) is 0 Å². The lowest BCUT2D eigenvalue weighted by Crippen LogP contribution is -2.49. The van der Waals surface area contributed by atoms with Crippen molar-refractivity contribution in [1.29, 1.82) is 0 Å². The van der Waals surface area contributed by atoms with Gasteiger partial charge in [-0.3, -0.25) is 15.0 Å². The maximum Gasteiger partial charge on any atom is 0.278 e. The summed E-state index contributed by atoms with van der Waals surface area (Å²) in [5.74, 6) is 0.913. The molecule has 0 saturated carbocycles. The van der Waals surface area contributed by atoms with E-state index in [4.69, 9.17) is 9.47 Å². The van der Waals surface area contributed by atoms with E-state index in [1.165, 1.54) is 6.07 Å². The Kier molecular flexibility index (Phi) is 6.10. The average molecular weight is 374 g/mol. The molecule has 140 valence electrons. The number of nitrogens with zero attached hydrogens (tertiary/aromatic N) is 2. The number of halogens is 1. The fraction of sp³-hybridized carbons (Fsp3) is 0.625. The number of rotatable bonds is 5.